The summed E-state index contributed by atoms with van der Waals surface area (Å²) in [6, 6.07) is 18.9. The van der Waals surface area contributed by atoms with Crippen molar-refractivity contribution in [2.45, 2.75) is 32.2 Å². The van der Waals surface area contributed by atoms with Gasteiger partial charge in [-0.05, 0) is 48.2 Å². The Bertz CT molecular complexity index is 968. The summed E-state index contributed by atoms with van der Waals surface area (Å²) in [7, 11) is 0. The Morgan fingerprint density at radius 3 is 2.34 bits per heavy atom. The molecule has 29 heavy (non-hydrogen) atoms. The highest BCUT2D eigenvalue weighted by molar-refractivity contribution is 5.95. The Morgan fingerprint density at radius 2 is 1.59 bits per heavy atom. The van der Waals surface area contributed by atoms with Crippen molar-refractivity contribution in [3.05, 3.63) is 77.6 Å². The number of fused-ring (bicyclic) bond motifs is 1. The number of rotatable bonds is 4. The van der Waals surface area contributed by atoms with E-state index in [0.717, 1.165) is 56.8 Å². The molecule has 2 aliphatic heterocycles. The number of anilines is 1. The summed E-state index contributed by atoms with van der Waals surface area (Å²) < 4.78 is 1.99. The fraction of sp³-hybridized carbons (Fsp3) is 0.333. The molecule has 148 valence electrons. The number of aromatic nitrogens is 2. The van der Waals surface area contributed by atoms with Gasteiger partial charge >= 0.3 is 0 Å². The minimum Gasteiger partial charge on any atom is -0.312 e. The molecule has 1 saturated heterocycles. The zero-order valence-corrected chi connectivity index (χ0v) is 16.6. The zero-order valence-electron chi connectivity index (χ0n) is 16.6. The second kappa shape index (κ2) is 7.84. The van der Waals surface area contributed by atoms with Crippen LogP contribution in [0.4, 0.5) is 5.69 Å². The molecule has 0 atom stereocenters. The summed E-state index contributed by atoms with van der Waals surface area (Å²) >= 11 is 0. The number of hydrogen-bond acceptors (Lipinski definition) is 3. The third-order valence-corrected chi connectivity index (χ3v) is 5.99. The molecule has 0 N–H and O–H groups in total. The predicted octanol–water partition coefficient (Wildman–Crippen LogP) is 3.60. The highest BCUT2D eigenvalue weighted by Gasteiger charge is 2.22. The highest BCUT2D eigenvalue weighted by Crippen LogP contribution is 2.24. The number of hydrogen-bond donors (Lipinski definition) is 0. The van der Waals surface area contributed by atoms with E-state index in [9.17, 15) is 4.79 Å². The van der Waals surface area contributed by atoms with E-state index in [0.29, 0.717) is 6.42 Å². The number of carbonyl (C=O) groups excluding carboxylic acids is 1. The Hall–Kier alpha value is -2.92. The number of benzene rings is 2. The third-order valence-electron chi connectivity index (χ3n) is 5.99. The van der Waals surface area contributed by atoms with E-state index in [2.05, 4.69) is 53.6 Å². The smallest absolute Gasteiger partial charge is 0.227 e. The van der Waals surface area contributed by atoms with Gasteiger partial charge in [0.25, 0.3) is 0 Å². The molecule has 0 saturated carbocycles. The minimum atomic E-state index is 0.226. The van der Waals surface area contributed by atoms with Gasteiger partial charge in [0.1, 0.15) is 0 Å². The fourth-order valence-corrected chi connectivity index (χ4v) is 4.36. The second-order valence-electron chi connectivity index (χ2n) is 7.97. The van der Waals surface area contributed by atoms with Crippen molar-refractivity contribution >= 4 is 11.6 Å². The molecule has 0 radical (unpaired) electrons. The van der Waals surface area contributed by atoms with E-state index in [1.807, 2.05) is 21.7 Å². The van der Waals surface area contributed by atoms with Crippen LogP contribution in [-0.4, -0.2) is 40.2 Å². The molecule has 0 unspecified atom stereocenters. The molecule has 5 heteroatoms. The molecular formula is C24H26N4O. The van der Waals surface area contributed by atoms with Crippen LogP contribution in [0, 0.1) is 0 Å². The maximum Gasteiger partial charge on any atom is 0.227 e. The maximum absolute atomic E-state index is 11.9. The van der Waals surface area contributed by atoms with Gasteiger partial charge in [-0.25, -0.2) is 4.68 Å². The van der Waals surface area contributed by atoms with Crippen molar-refractivity contribution in [1.82, 2.24) is 14.7 Å². The summed E-state index contributed by atoms with van der Waals surface area (Å²) in [6.45, 7) is 3.92. The van der Waals surface area contributed by atoms with Crippen LogP contribution in [0.5, 0.6) is 0 Å². The van der Waals surface area contributed by atoms with Gasteiger partial charge in [-0.2, -0.15) is 5.10 Å². The summed E-state index contributed by atoms with van der Waals surface area (Å²) in [6.07, 6.45) is 5.80. The van der Waals surface area contributed by atoms with Gasteiger partial charge in [-0.1, -0.05) is 30.3 Å². The molecule has 1 amide bonds. The Kier molecular flexibility index (Phi) is 4.90. The van der Waals surface area contributed by atoms with Crippen molar-refractivity contribution in [2.24, 2.45) is 0 Å². The van der Waals surface area contributed by atoms with E-state index in [4.69, 9.17) is 5.10 Å². The third kappa shape index (κ3) is 3.83. The Balaban J connectivity index is 1.27. The van der Waals surface area contributed by atoms with Gasteiger partial charge in [0.2, 0.25) is 5.91 Å². The van der Waals surface area contributed by atoms with E-state index >= 15 is 0 Å². The molecule has 2 aromatic carbocycles. The molecule has 0 bridgehead atoms. The molecule has 2 aliphatic rings. The fourth-order valence-electron chi connectivity index (χ4n) is 4.36. The van der Waals surface area contributed by atoms with Crippen LogP contribution in [-0.2, 0) is 24.2 Å². The molecule has 1 aromatic heterocycles. The van der Waals surface area contributed by atoms with Gasteiger partial charge < -0.3 is 4.90 Å². The maximum atomic E-state index is 11.9. The Labute approximate surface area is 171 Å². The SMILES string of the molecule is O=C1CCCN1c1ccc(-n2cc3c(n2)CCN(Cc2ccccc2)CC3)cc1. The van der Waals surface area contributed by atoms with E-state index < -0.39 is 0 Å². The second-order valence-corrected chi connectivity index (χ2v) is 7.97. The van der Waals surface area contributed by atoms with Gasteiger partial charge in [0.05, 0.1) is 11.4 Å². The molecule has 0 aliphatic carbocycles. The molecule has 5 nitrogen and oxygen atoms in total. The van der Waals surface area contributed by atoms with Gasteiger partial charge in [-0.15, -0.1) is 0 Å². The van der Waals surface area contributed by atoms with E-state index in [-0.39, 0.29) is 5.91 Å². The lowest BCUT2D eigenvalue weighted by atomic mass is 10.2. The topological polar surface area (TPSA) is 41.4 Å². The lowest BCUT2D eigenvalue weighted by Gasteiger charge is -2.19. The molecule has 3 aromatic rings. The summed E-state index contributed by atoms with van der Waals surface area (Å²) in [4.78, 5) is 16.3. The van der Waals surface area contributed by atoms with Crippen LogP contribution >= 0.6 is 0 Å². The van der Waals surface area contributed by atoms with Crippen LogP contribution in [0.25, 0.3) is 5.69 Å². The molecular weight excluding hydrogens is 360 g/mol. The first-order valence-corrected chi connectivity index (χ1v) is 10.5. The largest absolute Gasteiger partial charge is 0.312 e. The summed E-state index contributed by atoms with van der Waals surface area (Å²) in [5, 5.41) is 4.87. The lowest BCUT2D eigenvalue weighted by Crippen LogP contribution is -2.26. The van der Waals surface area contributed by atoms with Crippen molar-refractivity contribution in [3.63, 3.8) is 0 Å². The van der Waals surface area contributed by atoms with Gasteiger partial charge in [0, 0.05) is 50.9 Å². The van der Waals surface area contributed by atoms with Crippen LogP contribution in [0.15, 0.2) is 60.8 Å². The van der Waals surface area contributed by atoms with Crippen molar-refractivity contribution < 1.29 is 4.79 Å². The highest BCUT2D eigenvalue weighted by atomic mass is 16.2. The standard InChI is InChI=1S/C24H26N4O/c29-24-7-4-14-27(24)21-8-10-22(11-9-21)28-18-20-12-15-26(16-13-23(20)25-28)17-19-5-2-1-3-6-19/h1-3,5-6,8-11,18H,4,7,12-17H2. The molecule has 0 spiro atoms. The van der Waals surface area contributed by atoms with Crippen LogP contribution < -0.4 is 4.90 Å². The number of carbonyl (C=O) groups is 1. The summed E-state index contributed by atoms with van der Waals surface area (Å²) in [5.41, 5.74) is 5.96. The normalized spacial score (nSPS) is 17.4. The van der Waals surface area contributed by atoms with Gasteiger partial charge in [0.15, 0.2) is 0 Å². The Morgan fingerprint density at radius 1 is 0.828 bits per heavy atom. The average molecular weight is 386 g/mol. The molecule has 3 heterocycles. The first-order valence-electron chi connectivity index (χ1n) is 10.5. The average Bonchev–Trinajstić information content (AvgIpc) is 3.32. The van der Waals surface area contributed by atoms with Crippen molar-refractivity contribution in [2.75, 3.05) is 24.5 Å². The van der Waals surface area contributed by atoms with Crippen LogP contribution in [0.2, 0.25) is 0 Å². The first-order chi connectivity index (χ1) is 14.3. The van der Waals surface area contributed by atoms with E-state index in [1.165, 1.54) is 16.8 Å². The van der Waals surface area contributed by atoms with Crippen molar-refractivity contribution in [3.8, 4) is 5.69 Å². The van der Waals surface area contributed by atoms with Gasteiger partial charge in [-0.3, -0.25) is 9.69 Å². The van der Waals surface area contributed by atoms with Crippen LogP contribution in [0.1, 0.15) is 29.7 Å². The summed E-state index contributed by atoms with van der Waals surface area (Å²) in [5.74, 6) is 0.226. The van der Waals surface area contributed by atoms with E-state index in [1.54, 1.807) is 0 Å². The predicted molar refractivity (Wildman–Crippen MR) is 114 cm³/mol. The quantitative estimate of drug-likeness (QED) is 0.688. The molecule has 1 fully saturated rings. The first kappa shape index (κ1) is 18.1. The minimum absolute atomic E-state index is 0.226. The number of nitrogens with zero attached hydrogens (tertiary/aromatic N) is 4. The monoisotopic (exact) mass is 386 g/mol. The van der Waals surface area contributed by atoms with Crippen molar-refractivity contribution in [1.29, 1.82) is 0 Å². The zero-order chi connectivity index (χ0) is 19.6. The molecule has 5 rings (SSSR count). The number of amides is 1. The lowest BCUT2D eigenvalue weighted by molar-refractivity contribution is -0.117. The van der Waals surface area contributed by atoms with Crippen LogP contribution in [0.3, 0.4) is 0 Å².